The molecule has 5 atom stereocenters. The normalized spacial score (nSPS) is 19.8. The van der Waals surface area contributed by atoms with E-state index in [1.54, 1.807) is 14.0 Å². The third-order valence-electron chi connectivity index (χ3n) is 10.5. The Labute approximate surface area is 269 Å². The van der Waals surface area contributed by atoms with Crippen LogP contribution in [0.1, 0.15) is 80.2 Å². The van der Waals surface area contributed by atoms with Crippen molar-refractivity contribution in [3.8, 4) is 0 Å². The number of methoxy groups -OCH3 is 1. The van der Waals surface area contributed by atoms with Gasteiger partial charge in [0.25, 0.3) is 0 Å². The number of nitrogens with zero attached hydrogens (tertiary/aromatic N) is 1. The van der Waals surface area contributed by atoms with Gasteiger partial charge in [0.2, 0.25) is 5.91 Å². The van der Waals surface area contributed by atoms with Crippen LogP contribution >= 0.6 is 0 Å². The van der Waals surface area contributed by atoms with Crippen molar-refractivity contribution < 1.29 is 33.0 Å². The first-order valence-electron chi connectivity index (χ1n) is 16.6. The van der Waals surface area contributed by atoms with E-state index in [1.165, 1.54) is 4.90 Å². The molecule has 1 aliphatic rings. The van der Waals surface area contributed by atoms with E-state index in [9.17, 15) is 14.7 Å². The highest BCUT2D eigenvalue weighted by Gasteiger charge is 2.46. The van der Waals surface area contributed by atoms with Crippen LogP contribution in [0.2, 0.25) is 36.3 Å². The number of aliphatic hydroxyl groups is 1. The lowest BCUT2D eigenvalue weighted by Gasteiger charge is -2.44. The molecular formula is C34H61NO7Si2. The van der Waals surface area contributed by atoms with Gasteiger partial charge in [0.05, 0.1) is 29.8 Å². The third-order valence-corrected chi connectivity index (χ3v) is 19.7. The predicted octanol–water partition coefficient (Wildman–Crippen LogP) is 7.56. The molecule has 8 nitrogen and oxygen atoms in total. The standard InChI is InChI=1S/C34H61NO7Si2/c1-12-44(13-2,14-3)42-30(34(8,39-9)21-18-22-41-43(10,11)33(5,6)7)24-29(36)26(4)31(37)35-28(25-40-32(35)38)23-27-19-16-15-17-20-27/h15-17,19-20,26,28-30,36H,12-14,18,21-25H2,1-11H3/t26-,28-,29+,30-,34-/m1/s1. The molecule has 0 spiro atoms. The van der Waals surface area contributed by atoms with E-state index in [1.807, 2.05) is 30.3 Å². The molecule has 0 bridgehead atoms. The highest BCUT2D eigenvalue weighted by atomic mass is 28.4. The molecule has 1 N–H and O–H groups in total. The fourth-order valence-electron chi connectivity index (χ4n) is 5.66. The Morgan fingerprint density at radius 3 is 2.20 bits per heavy atom. The Bertz CT molecular complexity index is 1040. The van der Waals surface area contributed by atoms with Crippen molar-refractivity contribution in [2.45, 2.75) is 141 Å². The van der Waals surface area contributed by atoms with E-state index in [0.717, 1.165) is 30.1 Å². The van der Waals surface area contributed by atoms with E-state index >= 15 is 0 Å². The van der Waals surface area contributed by atoms with Crippen molar-refractivity contribution in [1.29, 1.82) is 0 Å². The van der Waals surface area contributed by atoms with Gasteiger partial charge in [-0.2, -0.15) is 0 Å². The van der Waals surface area contributed by atoms with Crippen LogP contribution in [0.25, 0.3) is 0 Å². The van der Waals surface area contributed by atoms with Crippen LogP contribution in [0.3, 0.4) is 0 Å². The number of hydrogen-bond acceptors (Lipinski definition) is 7. The quantitative estimate of drug-likeness (QED) is 0.129. The molecule has 0 unspecified atom stereocenters. The molecule has 1 aromatic rings. The predicted molar refractivity (Wildman–Crippen MR) is 182 cm³/mol. The van der Waals surface area contributed by atoms with E-state index in [2.05, 4.69) is 61.6 Å². The average molecular weight is 652 g/mol. The second-order valence-corrected chi connectivity index (χ2v) is 23.8. The molecule has 0 aromatic heterocycles. The smallest absolute Gasteiger partial charge is 0.416 e. The zero-order chi connectivity index (χ0) is 33.3. The Hall–Kier alpha value is -1.57. The second-order valence-electron chi connectivity index (χ2n) is 14.3. The largest absolute Gasteiger partial charge is 0.447 e. The summed E-state index contributed by atoms with van der Waals surface area (Å²) in [6.07, 6.45) is 0.0969. The molecule has 0 radical (unpaired) electrons. The van der Waals surface area contributed by atoms with E-state index in [4.69, 9.17) is 18.3 Å². The Balaban J connectivity index is 2.25. The average Bonchev–Trinajstić information content (AvgIpc) is 3.35. The second kappa shape index (κ2) is 16.3. The van der Waals surface area contributed by atoms with Gasteiger partial charge in [0, 0.05) is 20.1 Å². The van der Waals surface area contributed by atoms with Gasteiger partial charge in [-0.05, 0) is 68.0 Å². The summed E-state index contributed by atoms with van der Waals surface area (Å²) in [7, 11) is -2.29. The number of hydrogen-bond donors (Lipinski definition) is 1. The maximum atomic E-state index is 13.7. The SMILES string of the molecule is CC[Si](CC)(CC)O[C@H](C[C@H](O)[C@@H](C)C(=O)N1C(=O)OC[C@H]1Cc1ccccc1)[C@@](C)(CCCO[Si](C)(C)C(C)(C)C)OC. The van der Waals surface area contributed by atoms with Gasteiger partial charge in [0.1, 0.15) is 6.61 Å². The van der Waals surface area contributed by atoms with Crippen molar-refractivity contribution in [2.24, 2.45) is 5.92 Å². The molecule has 1 heterocycles. The van der Waals surface area contributed by atoms with E-state index < -0.39 is 58.4 Å². The number of benzene rings is 1. The van der Waals surface area contributed by atoms with Crippen LogP contribution in [0, 0.1) is 5.92 Å². The molecule has 0 saturated carbocycles. The zero-order valence-electron chi connectivity index (χ0n) is 29.4. The molecule has 10 heteroatoms. The molecule has 1 aromatic carbocycles. The number of ether oxygens (including phenoxy) is 2. The van der Waals surface area contributed by atoms with Crippen LogP contribution in [0.15, 0.2) is 30.3 Å². The van der Waals surface area contributed by atoms with E-state index in [0.29, 0.717) is 19.4 Å². The summed E-state index contributed by atoms with van der Waals surface area (Å²) < 4.78 is 25.0. The monoisotopic (exact) mass is 651 g/mol. The fraction of sp³-hybridized carbons (Fsp3) is 0.765. The first-order valence-corrected chi connectivity index (χ1v) is 22.0. The maximum absolute atomic E-state index is 13.7. The molecule has 252 valence electrons. The van der Waals surface area contributed by atoms with Gasteiger partial charge in [-0.1, -0.05) is 78.8 Å². The lowest BCUT2D eigenvalue weighted by molar-refractivity contribution is -0.140. The van der Waals surface area contributed by atoms with Gasteiger partial charge >= 0.3 is 6.09 Å². The van der Waals surface area contributed by atoms with Crippen molar-refractivity contribution in [3.05, 3.63) is 35.9 Å². The molecule has 2 rings (SSSR count). The first kappa shape index (κ1) is 38.6. The summed E-state index contributed by atoms with van der Waals surface area (Å²) in [5.74, 6) is -1.25. The summed E-state index contributed by atoms with van der Waals surface area (Å²) >= 11 is 0. The first-order chi connectivity index (χ1) is 20.5. The number of imide groups is 1. The Morgan fingerprint density at radius 1 is 1.09 bits per heavy atom. The number of carbonyl (C=O) groups is 2. The highest BCUT2D eigenvalue weighted by molar-refractivity contribution is 6.74. The topological polar surface area (TPSA) is 94.5 Å². The van der Waals surface area contributed by atoms with Crippen molar-refractivity contribution in [3.63, 3.8) is 0 Å². The number of carbonyl (C=O) groups excluding carboxylic acids is 2. The summed E-state index contributed by atoms with van der Waals surface area (Å²) in [5, 5.41) is 11.7. The highest BCUT2D eigenvalue weighted by Crippen LogP contribution is 2.38. The molecule has 44 heavy (non-hydrogen) atoms. The van der Waals surface area contributed by atoms with Crippen LogP contribution in [0.5, 0.6) is 0 Å². The van der Waals surface area contributed by atoms with Crippen LogP contribution in [0.4, 0.5) is 4.79 Å². The van der Waals surface area contributed by atoms with Crippen LogP contribution < -0.4 is 0 Å². The molecule has 1 saturated heterocycles. The van der Waals surface area contributed by atoms with Gasteiger partial charge in [-0.25, -0.2) is 9.69 Å². The molecule has 2 amide bonds. The van der Waals surface area contributed by atoms with Gasteiger partial charge < -0.3 is 23.4 Å². The van der Waals surface area contributed by atoms with Crippen LogP contribution in [-0.4, -0.2) is 82.8 Å². The van der Waals surface area contributed by atoms with E-state index in [-0.39, 0.29) is 18.1 Å². The lowest BCUT2D eigenvalue weighted by atomic mass is 9.86. The van der Waals surface area contributed by atoms with Crippen molar-refractivity contribution in [1.82, 2.24) is 4.90 Å². The summed E-state index contributed by atoms with van der Waals surface area (Å²) in [5.41, 5.74) is 0.324. The summed E-state index contributed by atoms with van der Waals surface area (Å²) in [6, 6.07) is 12.2. The Morgan fingerprint density at radius 2 is 1.68 bits per heavy atom. The Kier molecular flexibility index (Phi) is 14.3. The van der Waals surface area contributed by atoms with Gasteiger partial charge in [0.15, 0.2) is 16.6 Å². The summed E-state index contributed by atoms with van der Waals surface area (Å²) in [6.45, 7) is 22.3. The number of rotatable bonds is 18. The summed E-state index contributed by atoms with van der Waals surface area (Å²) in [4.78, 5) is 27.6. The zero-order valence-corrected chi connectivity index (χ0v) is 31.4. The van der Waals surface area contributed by atoms with Crippen molar-refractivity contribution >= 4 is 28.6 Å². The maximum Gasteiger partial charge on any atom is 0.416 e. The fourth-order valence-corrected chi connectivity index (χ4v) is 9.70. The van der Waals surface area contributed by atoms with Crippen LogP contribution in [-0.2, 0) is 29.5 Å². The minimum Gasteiger partial charge on any atom is -0.447 e. The van der Waals surface area contributed by atoms with Crippen molar-refractivity contribution in [2.75, 3.05) is 20.3 Å². The van der Waals surface area contributed by atoms with Gasteiger partial charge in [-0.3, -0.25) is 4.79 Å². The number of aliphatic hydroxyl groups excluding tert-OH is 1. The third kappa shape index (κ3) is 9.72. The molecule has 0 aliphatic carbocycles. The minimum atomic E-state index is -2.11. The number of cyclic esters (lactones) is 1. The molecule has 1 aliphatic heterocycles. The van der Waals surface area contributed by atoms with Gasteiger partial charge in [-0.15, -0.1) is 0 Å². The molecular weight excluding hydrogens is 591 g/mol. The minimum absolute atomic E-state index is 0.131. The molecule has 1 fully saturated rings. The lowest BCUT2D eigenvalue weighted by Crippen LogP contribution is -2.53. The number of amides is 2.